The molecule has 0 nitrogen and oxygen atoms in total. The van der Waals surface area contributed by atoms with Crippen LogP contribution >= 0.6 is 0 Å². The zero-order valence-electron chi connectivity index (χ0n) is 23.1. The number of fused-ring (bicyclic) bond motifs is 1. The van der Waals surface area contributed by atoms with E-state index in [0.717, 1.165) is 30.6 Å². The molecule has 0 aromatic rings. The van der Waals surface area contributed by atoms with Crippen molar-refractivity contribution in [3.05, 3.63) is 56.2 Å². The van der Waals surface area contributed by atoms with Gasteiger partial charge < -0.3 is 20.3 Å². The van der Waals surface area contributed by atoms with Crippen LogP contribution in [0.4, 0.5) is 0 Å². The molecule has 1 fully saturated rings. The predicted octanol–water partition coefficient (Wildman–Crippen LogP) is 10.5. The maximum atomic E-state index is 3.60. The number of allylic oxidation sites excluding steroid dienone is 6. The van der Waals surface area contributed by atoms with Crippen molar-refractivity contribution in [3.63, 3.8) is 0 Å². The molecule has 4 unspecified atom stereocenters. The van der Waals surface area contributed by atoms with E-state index in [1.807, 2.05) is 0 Å². The van der Waals surface area contributed by atoms with E-state index in [1.165, 1.54) is 64.2 Å². The Morgan fingerprint density at radius 1 is 1.09 bits per heavy atom. The van der Waals surface area contributed by atoms with E-state index in [-0.39, 0.29) is 25.8 Å². The fourth-order valence-corrected chi connectivity index (χ4v) is 6.10. The molecular formula is C32H55Hf-3. The van der Waals surface area contributed by atoms with Crippen LogP contribution in [0.1, 0.15) is 119 Å². The fraction of sp³-hybridized carbons (Fsp3) is 0.719. The number of unbranched alkanes of at least 4 members (excludes halogenated alkanes) is 2. The van der Waals surface area contributed by atoms with Gasteiger partial charge in [0.1, 0.15) is 0 Å². The van der Waals surface area contributed by atoms with Crippen LogP contribution in [0.2, 0.25) is 0 Å². The Labute approximate surface area is 228 Å². The Bertz CT molecular complexity index is 571. The van der Waals surface area contributed by atoms with Crippen LogP contribution in [0.5, 0.6) is 0 Å². The molecule has 190 valence electrons. The van der Waals surface area contributed by atoms with E-state index in [2.05, 4.69) is 92.2 Å². The van der Waals surface area contributed by atoms with Crippen molar-refractivity contribution in [1.82, 2.24) is 0 Å². The molecule has 0 radical (unpaired) electrons. The number of hydrogen-bond donors (Lipinski definition) is 0. The number of rotatable bonds is 9. The van der Waals surface area contributed by atoms with Gasteiger partial charge >= 0.3 is 0 Å². The van der Waals surface area contributed by atoms with Crippen molar-refractivity contribution in [2.24, 2.45) is 28.6 Å². The molecule has 3 aliphatic carbocycles. The van der Waals surface area contributed by atoms with Crippen molar-refractivity contribution >= 4 is 0 Å². The van der Waals surface area contributed by atoms with Crippen molar-refractivity contribution < 1.29 is 25.8 Å². The van der Waals surface area contributed by atoms with Gasteiger partial charge in [0.2, 0.25) is 0 Å². The van der Waals surface area contributed by atoms with E-state index in [9.17, 15) is 0 Å². The van der Waals surface area contributed by atoms with Gasteiger partial charge in [0.05, 0.1) is 0 Å². The fourth-order valence-electron chi connectivity index (χ4n) is 6.10. The molecule has 3 rings (SSSR count). The van der Waals surface area contributed by atoms with Gasteiger partial charge in [0.25, 0.3) is 0 Å². The zero-order chi connectivity index (χ0) is 24.0. The van der Waals surface area contributed by atoms with Crippen LogP contribution in [0.25, 0.3) is 0 Å². The van der Waals surface area contributed by atoms with Crippen LogP contribution in [0.15, 0.2) is 36.0 Å². The molecular weight excluding hydrogens is 563 g/mol. The summed E-state index contributed by atoms with van der Waals surface area (Å²) in [5.74, 6) is 2.38. The minimum atomic E-state index is 0. The first-order valence-corrected chi connectivity index (χ1v) is 13.9. The maximum absolute atomic E-state index is 3.60. The molecule has 3 aliphatic rings. The van der Waals surface area contributed by atoms with Gasteiger partial charge in [0.15, 0.2) is 0 Å². The first-order valence-electron chi connectivity index (χ1n) is 13.9. The topological polar surface area (TPSA) is 0 Å². The maximum Gasteiger partial charge on any atom is 0 e. The Morgan fingerprint density at radius 3 is 2.18 bits per heavy atom. The van der Waals surface area contributed by atoms with Gasteiger partial charge in [-0.2, -0.15) is 25.2 Å². The molecule has 0 aromatic heterocycles. The van der Waals surface area contributed by atoms with E-state index in [4.69, 9.17) is 0 Å². The third-order valence-corrected chi connectivity index (χ3v) is 8.65. The third-order valence-electron chi connectivity index (χ3n) is 8.65. The normalized spacial score (nSPS) is 27.3. The van der Waals surface area contributed by atoms with Crippen molar-refractivity contribution in [3.8, 4) is 0 Å². The molecule has 0 amide bonds. The average Bonchev–Trinajstić information content (AvgIpc) is 3.53. The Balaban J connectivity index is 0.000000991. The molecule has 0 aliphatic heterocycles. The average molecular weight is 618 g/mol. The smallest absolute Gasteiger partial charge is 0 e. The summed E-state index contributed by atoms with van der Waals surface area (Å²) in [5.41, 5.74) is 2.51. The molecule has 4 atom stereocenters. The van der Waals surface area contributed by atoms with Gasteiger partial charge in [-0.3, -0.25) is 0 Å². The summed E-state index contributed by atoms with van der Waals surface area (Å²) in [7, 11) is 0. The summed E-state index contributed by atoms with van der Waals surface area (Å²) in [5, 5.41) is 0. The quantitative estimate of drug-likeness (QED) is 0.137. The Morgan fingerprint density at radius 2 is 1.70 bits per heavy atom. The van der Waals surface area contributed by atoms with Crippen LogP contribution in [0, 0.1) is 48.9 Å². The molecule has 33 heavy (non-hydrogen) atoms. The monoisotopic (exact) mass is 619 g/mol. The van der Waals surface area contributed by atoms with E-state index < -0.39 is 0 Å². The van der Waals surface area contributed by atoms with E-state index in [0.29, 0.717) is 10.8 Å². The van der Waals surface area contributed by atoms with Gasteiger partial charge in [-0.05, 0) is 54.8 Å². The first kappa shape index (κ1) is 33.1. The standard InChI is InChI=1S/C24H37.2C4H9.Hf/c1-5-24(6-2)18-16-21-14-9-15-22(21)23(24,4)17-10-11-19(3)20-12-7-8-13-20;2*1-3-4-2;/h7-8,12,15-16,18-19,21-22H,5-6,9-11,13-14,17H2,1-4H3;2*1,3-4H2,2H3;/q3*-1;. The van der Waals surface area contributed by atoms with Gasteiger partial charge in [0, 0.05) is 25.8 Å². The van der Waals surface area contributed by atoms with E-state index >= 15 is 0 Å². The van der Waals surface area contributed by atoms with Gasteiger partial charge in [-0.25, -0.2) is 0 Å². The second-order valence-electron chi connectivity index (χ2n) is 10.5. The molecule has 0 heterocycles. The second kappa shape index (κ2) is 17.5. The molecule has 0 spiro atoms. The molecule has 1 heteroatoms. The molecule has 0 saturated heterocycles. The van der Waals surface area contributed by atoms with Crippen molar-refractivity contribution in [2.75, 3.05) is 0 Å². The second-order valence-corrected chi connectivity index (χ2v) is 10.5. The summed E-state index contributed by atoms with van der Waals surface area (Å²) < 4.78 is 0. The largest absolute Gasteiger partial charge is 0.343 e. The third kappa shape index (κ3) is 8.91. The molecule has 0 bridgehead atoms. The van der Waals surface area contributed by atoms with Crippen molar-refractivity contribution in [1.29, 1.82) is 0 Å². The summed E-state index contributed by atoms with van der Waals surface area (Å²) in [6, 6.07) is 0. The van der Waals surface area contributed by atoms with Crippen molar-refractivity contribution in [2.45, 2.75) is 119 Å². The number of hydrogen-bond acceptors (Lipinski definition) is 0. The molecule has 0 N–H and O–H groups in total. The summed E-state index contributed by atoms with van der Waals surface area (Å²) in [6.07, 6.45) is 29.9. The summed E-state index contributed by atoms with van der Waals surface area (Å²) in [6.45, 7) is 21.3. The SMILES string of the molecule is CCC1(CC)C=CC2CC[CH-]C2C1(C)CCCC(C)C1=CC=CC1.[CH2-]CCC.[CH2-]CCC.[Hf]. The molecule has 0 aromatic carbocycles. The zero-order valence-corrected chi connectivity index (χ0v) is 26.7. The summed E-state index contributed by atoms with van der Waals surface area (Å²) >= 11 is 0. The molecule has 1 saturated carbocycles. The Kier molecular flexibility index (Phi) is 17.6. The minimum Gasteiger partial charge on any atom is -0.343 e. The van der Waals surface area contributed by atoms with Crippen LogP contribution in [0.3, 0.4) is 0 Å². The summed E-state index contributed by atoms with van der Waals surface area (Å²) in [4.78, 5) is 0. The Hall–Kier alpha value is 0.0901. The van der Waals surface area contributed by atoms with Crippen LogP contribution < -0.4 is 0 Å². The van der Waals surface area contributed by atoms with Gasteiger partial charge in [-0.1, -0.05) is 103 Å². The minimum absolute atomic E-state index is 0. The van der Waals surface area contributed by atoms with Gasteiger partial charge in [-0.15, -0.1) is 0 Å². The van der Waals surface area contributed by atoms with Crippen LogP contribution in [-0.2, 0) is 25.8 Å². The first-order chi connectivity index (χ1) is 15.4. The predicted molar refractivity (Wildman–Crippen MR) is 146 cm³/mol. The van der Waals surface area contributed by atoms with Crippen LogP contribution in [-0.4, -0.2) is 0 Å². The van der Waals surface area contributed by atoms with E-state index in [1.54, 1.807) is 5.57 Å².